The molecule has 0 saturated heterocycles. The summed E-state index contributed by atoms with van der Waals surface area (Å²) in [6.45, 7) is 0. The molecule has 0 unspecified atom stereocenters. The molecule has 0 spiro atoms. The Bertz CT molecular complexity index is 305. The van der Waals surface area contributed by atoms with Gasteiger partial charge < -0.3 is 4.74 Å². The second-order valence-corrected chi connectivity index (χ2v) is 4.02. The zero-order valence-electron chi connectivity index (χ0n) is 7.01. The maximum Gasteiger partial charge on any atom is 0.310 e. The van der Waals surface area contributed by atoms with E-state index in [4.69, 9.17) is 11.6 Å². The van der Waals surface area contributed by atoms with Gasteiger partial charge in [0.1, 0.15) is 0 Å². The molecule has 13 heavy (non-hydrogen) atoms. The Morgan fingerprint density at radius 3 is 2.85 bits per heavy atom. The molecule has 1 aromatic rings. The molecule has 0 aliphatic carbocycles. The lowest BCUT2D eigenvalue weighted by molar-refractivity contribution is -0.139. The summed E-state index contributed by atoms with van der Waals surface area (Å²) in [4.78, 5) is 11.0. The van der Waals surface area contributed by atoms with E-state index in [1.54, 1.807) is 6.07 Å². The maximum atomic E-state index is 11.0. The minimum atomic E-state index is -0.272. The predicted molar refractivity (Wildman–Crippen MR) is 59.9 cm³/mol. The summed E-state index contributed by atoms with van der Waals surface area (Å²) in [5.41, 5.74) is 0.830. The normalized spacial score (nSPS) is 9.77. The van der Waals surface area contributed by atoms with E-state index >= 15 is 0 Å². The van der Waals surface area contributed by atoms with Crippen LogP contribution in [0.3, 0.4) is 0 Å². The lowest BCUT2D eigenvalue weighted by atomic mass is 10.1. The first kappa shape index (κ1) is 10.8. The lowest BCUT2D eigenvalue weighted by Gasteiger charge is -2.04. The van der Waals surface area contributed by atoms with E-state index in [1.807, 2.05) is 12.1 Å². The molecule has 0 aromatic heterocycles. The largest absolute Gasteiger partial charge is 0.469 e. The van der Waals surface area contributed by atoms with Gasteiger partial charge in [-0.25, -0.2) is 0 Å². The van der Waals surface area contributed by atoms with Crippen molar-refractivity contribution >= 4 is 40.2 Å². The molecular weight excluding hydrogens is 302 g/mol. The maximum absolute atomic E-state index is 11.0. The highest BCUT2D eigenvalue weighted by Crippen LogP contribution is 2.22. The first-order chi connectivity index (χ1) is 6.15. The average Bonchev–Trinajstić information content (AvgIpc) is 2.11. The first-order valence-corrected chi connectivity index (χ1v) is 5.10. The molecule has 70 valence electrons. The number of ether oxygens (including phenoxy) is 1. The molecule has 0 amide bonds. The molecule has 0 fully saturated rings. The molecule has 2 nitrogen and oxygen atoms in total. The van der Waals surface area contributed by atoms with Gasteiger partial charge in [0.05, 0.1) is 13.5 Å². The van der Waals surface area contributed by atoms with Crippen LogP contribution in [0.4, 0.5) is 0 Å². The highest BCUT2D eigenvalue weighted by molar-refractivity contribution is 14.1. The van der Waals surface area contributed by atoms with E-state index < -0.39 is 0 Å². The molecular formula is C9H8ClIO2. The fourth-order valence-corrected chi connectivity index (χ4v) is 2.01. The number of rotatable bonds is 2. The second kappa shape index (κ2) is 4.81. The summed E-state index contributed by atoms with van der Waals surface area (Å²) in [7, 11) is 1.37. The monoisotopic (exact) mass is 310 g/mol. The SMILES string of the molecule is COC(=O)Cc1c(Cl)cccc1I. The summed E-state index contributed by atoms with van der Waals surface area (Å²) in [6, 6.07) is 5.53. The zero-order chi connectivity index (χ0) is 9.84. The van der Waals surface area contributed by atoms with Gasteiger partial charge >= 0.3 is 5.97 Å². The number of carbonyl (C=O) groups is 1. The Kier molecular flexibility index (Phi) is 3.99. The van der Waals surface area contributed by atoms with Crippen molar-refractivity contribution in [1.82, 2.24) is 0 Å². The Morgan fingerprint density at radius 2 is 2.31 bits per heavy atom. The Labute approximate surface area is 95.4 Å². The van der Waals surface area contributed by atoms with Crippen LogP contribution in [0.2, 0.25) is 5.02 Å². The van der Waals surface area contributed by atoms with Crippen LogP contribution >= 0.6 is 34.2 Å². The quantitative estimate of drug-likeness (QED) is 0.620. The standard InChI is InChI=1S/C9H8ClIO2/c1-13-9(12)5-6-7(10)3-2-4-8(6)11/h2-4H,5H2,1H3. The van der Waals surface area contributed by atoms with E-state index in [0.29, 0.717) is 5.02 Å². The van der Waals surface area contributed by atoms with Crippen LogP contribution in [0.25, 0.3) is 0 Å². The summed E-state index contributed by atoms with van der Waals surface area (Å²) in [5, 5.41) is 0.609. The molecule has 0 bridgehead atoms. The van der Waals surface area contributed by atoms with Crippen LogP contribution in [0, 0.1) is 3.57 Å². The smallest absolute Gasteiger partial charge is 0.310 e. The van der Waals surface area contributed by atoms with Crippen molar-refractivity contribution in [3.63, 3.8) is 0 Å². The number of methoxy groups -OCH3 is 1. The third-order valence-electron chi connectivity index (χ3n) is 1.61. The van der Waals surface area contributed by atoms with Crippen molar-refractivity contribution in [3.8, 4) is 0 Å². The van der Waals surface area contributed by atoms with Crippen molar-refractivity contribution in [3.05, 3.63) is 32.4 Å². The summed E-state index contributed by atoms with van der Waals surface area (Å²) in [6.07, 6.45) is 0.231. The van der Waals surface area contributed by atoms with Gasteiger partial charge in [-0.05, 0) is 40.3 Å². The minimum Gasteiger partial charge on any atom is -0.469 e. The van der Waals surface area contributed by atoms with Crippen molar-refractivity contribution in [2.45, 2.75) is 6.42 Å². The molecule has 0 aliphatic heterocycles. The third kappa shape index (κ3) is 2.84. The fraction of sp³-hybridized carbons (Fsp3) is 0.222. The van der Waals surface area contributed by atoms with Crippen molar-refractivity contribution < 1.29 is 9.53 Å². The molecule has 0 atom stereocenters. The van der Waals surface area contributed by atoms with Gasteiger partial charge in [0.2, 0.25) is 0 Å². The molecule has 0 N–H and O–H groups in total. The fourth-order valence-electron chi connectivity index (χ4n) is 0.918. The van der Waals surface area contributed by atoms with Gasteiger partial charge in [0, 0.05) is 8.59 Å². The van der Waals surface area contributed by atoms with Gasteiger partial charge in [0.15, 0.2) is 0 Å². The Morgan fingerprint density at radius 1 is 1.62 bits per heavy atom. The molecule has 0 aliphatic rings. The minimum absolute atomic E-state index is 0.231. The van der Waals surface area contributed by atoms with E-state index in [2.05, 4.69) is 27.3 Å². The van der Waals surface area contributed by atoms with Crippen LogP contribution < -0.4 is 0 Å². The number of benzene rings is 1. The van der Waals surface area contributed by atoms with Crippen LogP contribution in [-0.2, 0) is 16.0 Å². The van der Waals surface area contributed by atoms with Crippen LogP contribution in [-0.4, -0.2) is 13.1 Å². The van der Waals surface area contributed by atoms with E-state index in [0.717, 1.165) is 9.13 Å². The van der Waals surface area contributed by atoms with E-state index in [1.165, 1.54) is 7.11 Å². The molecule has 1 aromatic carbocycles. The van der Waals surface area contributed by atoms with Crippen LogP contribution in [0.5, 0.6) is 0 Å². The van der Waals surface area contributed by atoms with E-state index in [9.17, 15) is 4.79 Å². The van der Waals surface area contributed by atoms with Crippen molar-refractivity contribution in [1.29, 1.82) is 0 Å². The zero-order valence-corrected chi connectivity index (χ0v) is 9.93. The molecule has 0 heterocycles. The van der Waals surface area contributed by atoms with Crippen molar-refractivity contribution in [2.24, 2.45) is 0 Å². The van der Waals surface area contributed by atoms with Gasteiger partial charge in [-0.15, -0.1) is 0 Å². The van der Waals surface area contributed by atoms with Gasteiger partial charge in [-0.2, -0.15) is 0 Å². The topological polar surface area (TPSA) is 26.3 Å². The van der Waals surface area contributed by atoms with Crippen LogP contribution in [0.1, 0.15) is 5.56 Å². The number of esters is 1. The second-order valence-electron chi connectivity index (χ2n) is 2.45. The number of carbonyl (C=O) groups excluding carboxylic acids is 1. The van der Waals surface area contributed by atoms with E-state index in [-0.39, 0.29) is 12.4 Å². The average molecular weight is 311 g/mol. The molecule has 0 saturated carbocycles. The molecule has 1 rings (SSSR count). The first-order valence-electron chi connectivity index (χ1n) is 3.65. The Balaban J connectivity index is 2.93. The number of hydrogen-bond acceptors (Lipinski definition) is 2. The summed E-state index contributed by atoms with van der Waals surface area (Å²) < 4.78 is 5.55. The van der Waals surface area contributed by atoms with Gasteiger partial charge in [-0.1, -0.05) is 17.7 Å². The number of halogens is 2. The highest BCUT2D eigenvalue weighted by Gasteiger charge is 2.09. The highest BCUT2D eigenvalue weighted by atomic mass is 127. The summed E-state index contributed by atoms with van der Waals surface area (Å²) >= 11 is 8.06. The third-order valence-corrected chi connectivity index (χ3v) is 2.98. The van der Waals surface area contributed by atoms with Crippen LogP contribution in [0.15, 0.2) is 18.2 Å². The Hall–Kier alpha value is -0.290. The van der Waals surface area contributed by atoms with Crippen molar-refractivity contribution in [2.75, 3.05) is 7.11 Å². The molecule has 0 radical (unpaired) electrons. The number of hydrogen-bond donors (Lipinski definition) is 0. The van der Waals surface area contributed by atoms with Gasteiger partial charge in [0.25, 0.3) is 0 Å². The predicted octanol–water partition coefficient (Wildman–Crippen LogP) is 2.66. The lowest BCUT2D eigenvalue weighted by Crippen LogP contribution is -2.06. The van der Waals surface area contributed by atoms with Gasteiger partial charge in [-0.3, -0.25) is 4.79 Å². The molecule has 4 heteroatoms. The summed E-state index contributed by atoms with van der Waals surface area (Å²) in [5.74, 6) is -0.272.